The van der Waals surface area contributed by atoms with Gasteiger partial charge in [0, 0.05) is 17.4 Å². The van der Waals surface area contributed by atoms with Crippen molar-refractivity contribution in [3.63, 3.8) is 0 Å². The van der Waals surface area contributed by atoms with Gasteiger partial charge in [-0.05, 0) is 18.2 Å². The highest BCUT2D eigenvalue weighted by atomic mass is 79.9. The van der Waals surface area contributed by atoms with Crippen molar-refractivity contribution in [2.45, 2.75) is 19.0 Å². The SMILES string of the molecule is O=C(Nc1ccc(Br)cc1F)C1Cc2nc[nH]c2CN1. The van der Waals surface area contributed by atoms with Gasteiger partial charge in [-0.1, -0.05) is 15.9 Å². The number of hydrogen-bond donors (Lipinski definition) is 3. The van der Waals surface area contributed by atoms with Crippen LogP contribution in [-0.4, -0.2) is 21.9 Å². The maximum absolute atomic E-state index is 13.7. The molecule has 1 atom stereocenters. The number of aromatic amines is 1. The molecule has 1 aliphatic rings. The number of nitrogens with zero attached hydrogens (tertiary/aromatic N) is 1. The van der Waals surface area contributed by atoms with Gasteiger partial charge in [-0.25, -0.2) is 9.37 Å². The number of rotatable bonds is 2. The van der Waals surface area contributed by atoms with E-state index < -0.39 is 11.9 Å². The van der Waals surface area contributed by atoms with E-state index in [0.717, 1.165) is 11.4 Å². The van der Waals surface area contributed by atoms with Crippen molar-refractivity contribution in [3.05, 3.63) is 46.2 Å². The topological polar surface area (TPSA) is 69.8 Å². The number of H-pyrrole nitrogens is 1. The molecule has 1 aromatic heterocycles. The number of carbonyl (C=O) groups is 1. The fourth-order valence-electron chi connectivity index (χ4n) is 2.17. The van der Waals surface area contributed by atoms with Gasteiger partial charge in [0.2, 0.25) is 5.91 Å². The zero-order chi connectivity index (χ0) is 14.1. The normalized spacial score (nSPS) is 17.6. The van der Waals surface area contributed by atoms with Crippen molar-refractivity contribution in [1.29, 1.82) is 0 Å². The van der Waals surface area contributed by atoms with Crippen molar-refractivity contribution in [2.24, 2.45) is 0 Å². The average molecular weight is 339 g/mol. The monoisotopic (exact) mass is 338 g/mol. The first-order chi connectivity index (χ1) is 9.63. The predicted molar refractivity (Wildman–Crippen MR) is 75.6 cm³/mol. The lowest BCUT2D eigenvalue weighted by Crippen LogP contribution is -2.44. The molecule has 0 saturated heterocycles. The van der Waals surface area contributed by atoms with Crippen LogP contribution in [0.1, 0.15) is 11.4 Å². The number of nitrogens with one attached hydrogen (secondary N) is 3. The first kappa shape index (κ1) is 13.3. The van der Waals surface area contributed by atoms with Crippen molar-refractivity contribution in [2.75, 3.05) is 5.32 Å². The molecule has 5 nitrogen and oxygen atoms in total. The fourth-order valence-corrected chi connectivity index (χ4v) is 2.50. The van der Waals surface area contributed by atoms with Crippen LogP contribution < -0.4 is 10.6 Å². The van der Waals surface area contributed by atoms with Crippen LogP contribution in [0, 0.1) is 5.82 Å². The number of halogens is 2. The predicted octanol–water partition coefficient (Wildman–Crippen LogP) is 1.96. The molecule has 1 aliphatic heterocycles. The second kappa shape index (κ2) is 5.34. The molecule has 0 bridgehead atoms. The van der Waals surface area contributed by atoms with Crippen LogP contribution in [0.2, 0.25) is 0 Å². The van der Waals surface area contributed by atoms with E-state index in [1.54, 1.807) is 12.4 Å². The van der Waals surface area contributed by atoms with Crippen LogP contribution in [0.25, 0.3) is 0 Å². The van der Waals surface area contributed by atoms with E-state index >= 15 is 0 Å². The summed E-state index contributed by atoms with van der Waals surface area (Å²) in [4.78, 5) is 19.3. The summed E-state index contributed by atoms with van der Waals surface area (Å²) in [6.07, 6.45) is 2.10. The molecule has 3 N–H and O–H groups in total. The summed E-state index contributed by atoms with van der Waals surface area (Å²) in [5.41, 5.74) is 2.04. The van der Waals surface area contributed by atoms with Gasteiger partial charge in [0.15, 0.2) is 0 Å². The van der Waals surface area contributed by atoms with Gasteiger partial charge < -0.3 is 10.3 Å². The van der Waals surface area contributed by atoms with E-state index in [0.29, 0.717) is 17.4 Å². The van der Waals surface area contributed by atoms with Gasteiger partial charge in [0.25, 0.3) is 0 Å². The molecule has 1 amide bonds. The zero-order valence-corrected chi connectivity index (χ0v) is 12.0. The van der Waals surface area contributed by atoms with Crippen LogP contribution in [0.5, 0.6) is 0 Å². The number of amides is 1. The molecule has 0 fully saturated rings. The summed E-state index contributed by atoms with van der Waals surface area (Å²) in [6, 6.07) is 4.11. The molecule has 1 aromatic carbocycles. The minimum Gasteiger partial charge on any atom is -0.347 e. The number of fused-ring (bicyclic) bond motifs is 1. The molecule has 1 unspecified atom stereocenters. The Morgan fingerprint density at radius 2 is 2.35 bits per heavy atom. The Labute approximate surface area is 123 Å². The Bertz CT molecular complexity index is 658. The van der Waals surface area contributed by atoms with Crippen molar-refractivity contribution < 1.29 is 9.18 Å². The summed E-state index contributed by atoms with van der Waals surface area (Å²) in [5.74, 6) is -0.733. The van der Waals surface area contributed by atoms with E-state index in [2.05, 4.69) is 36.5 Å². The lowest BCUT2D eigenvalue weighted by molar-refractivity contribution is -0.118. The maximum atomic E-state index is 13.7. The number of hydrogen-bond acceptors (Lipinski definition) is 3. The third-order valence-corrected chi connectivity index (χ3v) is 3.73. The van der Waals surface area contributed by atoms with Crippen molar-refractivity contribution >= 4 is 27.5 Å². The molecule has 20 heavy (non-hydrogen) atoms. The average Bonchev–Trinajstić information content (AvgIpc) is 2.89. The smallest absolute Gasteiger partial charge is 0.242 e. The summed E-state index contributed by atoms with van der Waals surface area (Å²) in [7, 11) is 0. The van der Waals surface area contributed by atoms with Gasteiger partial charge in [0.05, 0.1) is 29.4 Å². The molecule has 7 heteroatoms. The Morgan fingerprint density at radius 3 is 3.15 bits per heavy atom. The molecule has 3 rings (SSSR count). The summed E-state index contributed by atoms with van der Waals surface area (Å²) < 4.78 is 14.3. The standard InChI is InChI=1S/C13H12BrFN4O/c14-7-1-2-9(8(15)3-7)19-13(20)11-4-10-12(5-16-11)18-6-17-10/h1-3,6,11,16H,4-5H2,(H,17,18)(H,19,20). The summed E-state index contributed by atoms with van der Waals surface area (Å²) in [5, 5.41) is 5.69. The van der Waals surface area contributed by atoms with E-state index in [4.69, 9.17) is 0 Å². The summed E-state index contributed by atoms with van der Waals surface area (Å²) in [6.45, 7) is 0.552. The van der Waals surface area contributed by atoms with E-state index in [1.807, 2.05) is 0 Å². The lowest BCUT2D eigenvalue weighted by atomic mass is 10.0. The Morgan fingerprint density at radius 1 is 1.50 bits per heavy atom. The quantitative estimate of drug-likeness (QED) is 0.784. The highest BCUT2D eigenvalue weighted by molar-refractivity contribution is 9.10. The number of imidazole rings is 1. The molecule has 0 spiro atoms. The molecule has 2 heterocycles. The second-order valence-corrected chi connectivity index (χ2v) is 5.49. The van der Waals surface area contributed by atoms with Gasteiger partial charge in [-0.15, -0.1) is 0 Å². The van der Waals surface area contributed by atoms with Crippen LogP contribution >= 0.6 is 15.9 Å². The highest BCUT2D eigenvalue weighted by Gasteiger charge is 2.26. The van der Waals surface area contributed by atoms with Crippen LogP contribution in [0.3, 0.4) is 0 Å². The van der Waals surface area contributed by atoms with Gasteiger partial charge >= 0.3 is 0 Å². The molecule has 0 saturated carbocycles. The van der Waals surface area contributed by atoms with Crippen LogP contribution in [0.15, 0.2) is 29.0 Å². The molecule has 2 aromatic rings. The minimum absolute atomic E-state index is 0.174. The van der Waals surface area contributed by atoms with Gasteiger partial charge in [0.1, 0.15) is 5.82 Å². The Balaban J connectivity index is 1.71. The van der Waals surface area contributed by atoms with E-state index in [9.17, 15) is 9.18 Å². The molecule has 104 valence electrons. The largest absolute Gasteiger partial charge is 0.347 e. The molecular formula is C13H12BrFN4O. The Hall–Kier alpha value is -1.73. The highest BCUT2D eigenvalue weighted by Crippen LogP contribution is 2.20. The minimum atomic E-state index is -0.469. The van der Waals surface area contributed by atoms with Crippen LogP contribution in [-0.2, 0) is 17.8 Å². The number of benzene rings is 1. The Kier molecular flexibility index (Phi) is 3.54. The fraction of sp³-hybridized carbons (Fsp3) is 0.231. The van der Waals surface area contributed by atoms with Crippen LogP contribution in [0.4, 0.5) is 10.1 Å². The van der Waals surface area contributed by atoms with Crippen molar-refractivity contribution in [1.82, 2.24) is 15.3 Å². The first-order valence-corrected chi connectivity index (χ1v) is 6.93. The molecule has 0 radical (unpaired) electrons. The maximum Gasteiger partial charge on any atom is 0.242 e. The van der Waals surface area contributed by atoms with Gasteiger partial charge in [-0.2, -0.15) is 0 Å². The molecular weight excluding hydrogens is 327 g/mol. The molecule has 0 aliphatic carbocycles. The number of anilines is 1. The van der Waals surface area contributed by atoms with Crippen molar-refractivity contribution in [3.8, 4) is 0 Å². The lowest BCUT2D eigenvalue weighted by Gasteiger charge is -2.22. The number of carbonyl (C=O) groups excluding carboxylic acids is 1. The first-order valence-electron chi connectivity index (χ1n) is 6.14. The third-order valence-electron chi connectivity index (χ3n) is 3.24. The van der Waals surface area contributed by atoms with E-state index in [1.165, 1.54) is 12.1 Å². The summed E-state index contributed by atoms with van der Waals surface area (Å²) >= 11 is 3.18. The van der Waals surface area contributed by atoms with Gasteiger partial charge in [-0.3, -0.25) is 10.1 Å². The third kappa shape index (κ3) is 2.59. The number of aromatic nitrogens is 2. The second-order valence-electron chi connectivity index (χ2n) is 4.58. The zero-order valence-electron chi connectivity index (χ0n) is 10.4. The van der Waals surface area contributed by atoms with E-state index in [-0.39, 0.29) is 11.6 Å².